The summed E-state index contributed by atoms with van der Waals surface area (Å²) in [6.45, 7) is 3.12. The Labute approximate surface area is 154 Å². The third-order valence-electron chi connectivity index (χ3n) is 4.10. The number of benzene rings is 1. The van der Waals surface area contributed by atoms with Crippen LogP contribution in [0.5, 0.6) is 0 Å². The molecule has 1 aliphatic heterocycles. The average molecular weight is 383 g/mol. The molecule has 2 rings (SSSR count). The van der Waals surface area contributed by atoms with E-state index in [1.807, 2.05) is 6.92 Å². The quantitative estimate of drug-likeness (QED) is 0.426. The first-order chi connectivity index (χ1) is 12.2. The van der Waals surface area contributed by atoms with Gasteiger partial charge in [-0.2, -0.15) is 0 Å². The fraction of sp³-hybridized carbons (Fsp3) is 0.438. The Kier molecular flexibility index (Phi) is 5.81. The highest BCUT2D eigenvalue weighted by molar-refractivity contribution is 6.32. The average Bonchev–Trinajstić information content (AvgIpc) is 2.78. The van der Waals surface area contributed by atoms with Crippen molar-refractivity contribution >= 4 is 40.8 Å². The number of hydrogen-bond donors (Lipinski definition) is 2. The summed E-state index contributed by atoms with van der Waals surface area (Å²) in [6, 6.07) is 3.15. The normalized spacial score (nSPS) is 19.4. The molecule has 4 amide bonds. The highest BCUT2D eigenvalue weighted by Gasteiger charge is 2.47. The number of amides is 4. The van der Waals surface area contributed by atoms with Crippen LogP contribution >= 0.6 is 11.6 Å². The number of rotatable bonds is 7. The zero-order valence-corrected chi connectivity index (χ0v) is 15.1. The van der Waals surface area contributed by atoms with E-state index in [-0.39, 0.29) is 16.4 Å². The molecular weight excluding hydrogens is 364 g/mol. The number of nitrogens with one attached hydrogen (secondary N) is 2. The molecular formula is C16H19ClN4O5. The first-order valence-electron chi connectivity index (χ1n) is 8.06. The van der Waals surface area contributed by atoms with E-state index in [0.29, 0.717) is 6.42 Å². The Morgan fingerprint density at radius 2 is 2.12 bits per heavy atom. The molecule has 26 heavy (non-hydrogen) atoms. The maximum atomic E-state index is 12.5. The lowest BCUT2D eigenvalue weighted by Crippen LogP contribution is -2.44. The van der Waals surface area contributed by atoms with Crippen molar-refractivity contribution in [3.63, 3.8) is 0 Å². The molecule has 1 aromatic rings. The van der Waals surface area contributed by atoms with Crippen molar-refractivity contribution in [2.75, 3.05) is 11.9 Å². The van der Waals surface area contributed by atoms with Gasteiger partial charge in [-0.1, -0.05) is 31.4 Å². The number of nitrogens with zero attached hydrogens (tertiary/aromatic N) is 2. The third-order valence-corrected chi connectivity index (χ3v) is 4.42. The number of urea groups is 1. The number of nitro benzene ring substituents is 1. The van der Waals surface area contributed by atoms with Gasteiger partial charge in [0.1, 0.15) is 17.1 Å². The van der Waals surface area contributed by atoms with Crippen LogP contribution in [0.4, 0.5) is 16.2 Å². The van der Waals surface area contributed by atoms with Crippen LogP contribution < -0.4 is 10.6 Å². The largest absolute Gasteiger partial charge is 0.325 e. The van der Waals surface area contributed by atoms with Crippen LogP contribution in [0.3, 0.4) is 0 Å². The van der Waals surface area contributed by atoms with Crippen molar-refractivity contribution in [2.45, 2.75) is 38.6 Å². The van der Waals surface area contributed by atoms with Gasteiger partial charge < -0.3 is 10.6 Å². The number of imide groups is 1. The molecule has 2 N–H and O–H groups in total. The molecule has 9 nitrogen and oxygen atoms in total. The maximum absolute atomic E-state index is 12.5. The highest BCUT2D eigenvalue weighted by Crippen LogP contribution is 2.27. The Balaban J connectivity index is 2.06. The summed E-state index contributed by atoms with van der Waals surface area (Å²) in [7, 11) is 0. The topological polar surface area (TPSA) is 122 Å². The van der Waals surface area contributed by atoms with Crippen LogP contribution in [0.15, 0.2) is 18.2 Å². The Bertz CT molecular complexity index is 769. The SMILES string of the molecule is CCCC[C@@]1(C)NC(=O)N(CC(=O)Nc2ccc(Cl)c([N+](=O)[O-])c2)C1=O. The first kappa shape index (κ1) is 19.6. The minimum absolute atomic E-state index is 0.0613. The second kappa shape index (κ2) is 7.69. The van der Waals surface area contributed by atoms with Crippen molar-refractivity contribution in [1.82, 2.24) is 10.2 Å². The molecule has 1 aromatic carbocycles. The number of nitro groups is 1. The van der Waals surface area contributed by atoms with E-state index >= 15 is 0 Å². The van der Waals surface area contributed by atoms with Gasteiger partial charge in [0.15, 0.2) is 0 Å². The summed E-state index contributed by atoms with van der Waals surface area (Å²) >= 11 is 5.72. The molecule has 1 heterocycles. The van der Waals surface area contributed by atoms with Gasteiger partial charge in [-0.05, 0) is 25.5 Å². The van der Waals surface area contributed by atoms with Crippen molar-refractivity contribution in [2.24, 2.45) is 0 Å². The minimum Gasteiger partial charge on any atom is -0.324 e. The van der Waals surface area contributed by atoms with Gasteiger partial charge in [0.25, 0.3) is 11.6 Å². The van der Waals surface area contributed by atoms with Crippen LogP contribution in [0, 0.1) is 10.1 Å². The van der Waals surface area contributed by atoms with Gasteiger partial charge in [-0.15, -0.1) is 0 Å². The van der Waals surface area contributed by atoms with E-state index in [4.69, 9.17) is 11.6 Å². The fourth-order valence-corrected chi connectivity index (χ4v) is 2.85. The molecule has 0 bridgehead atoms. The molecule has 0 spiro atoms. The van der Waals surface area contributed by atoms with Gasteiger partial charge >= 0.3 is 6.03 Å². The number of carbonyl (C=O) groups is 3. The van der Waals surface area contributed by atoms with Gasteiger partial charge in [0, 0.05) is 11.8 Å². The highest BCUT2D eigenvalue weighted by atomic mass is 35.5. The molecule has 140 valence electrons. The summed E-state index contributed by atoms with van der Waals surface area (Å²) in [5.41, 5.74) is -1.23. The lowest BCUT2D eigenvalue weighted by Gasteiger charge is -2.21. The summed E-state index contributed by atoms with van der Waals surface area (Å²) in [5, 5.41) is 15.9. The lowest BCUT2D eigenvalue weighted by atomic mass is 9.95. The van der Waals surface area contributed by atoms with Crippen LogP contribution in [-0.2, 0) is 9.59 Å². The van der Waals surface area contributed by atoms with Crippen LogP contribution in [0.2, 0.25) is 5.02 Å². The van der Waals surface area contributed by atoms with Crippen LogP contribution in [0.1, 0.15) is 33.1 Å². The summed E-state index contributed by atoms with van der Waals surface area (Å²) in [5.74, 6) is -1.11. The third kappa shape index (κ3) is 4.10. The summed E-state index contributed by atoms with van der Waals surface area (Å²) in [6.07, 6.45) is 2.11. The Morgan fingerprint density at radius 3 is 2.73 bits per heavy atom. The molecule has 1 aliphatic rings. The number of carbonyl (C=O) groups excluding carboxylic acids is 3. The summed E-state index contributed by atoms with van der Waals surface area (Å²) in [4.78, 5) is 47.7. The van der Waals surface area contributed by atoms with Crippen molar-refractivity contribution in [1.29, 1.82) is 0 Å². The predicted molar refractivity (Wildman–Crippen MR) is 94.9 cm³/mol. The van der Waals surface area contributed by atoms with Gasteiger partial charge in [-0.25, -0.2) is 4.79 Å². The van der Waals surface area contributed by atoms with Crippen LogP contribution in [0.25, 0.3) is 0 Å². The Hall–Kier alpha value is -2.68. The van der Waals surface area contributed by atoms with E-state index in [1.165, 1.54) is 12.1 Å². The second-order valence-corrected chi connectivity index (χ2v) is 6.64. The molecule has 1 atom stereocenters. The molecule has 10 heteroatoms. The molecule has 0 radical (unpaired) electrons. The maximum Gasteiger partial charge on any atom is 0.325 e. The van der Waals surface area contributed by atoms with Crippen LogP contribution in [-0.4, -0.2) is 39.8 Å². The second-order valence-electron chi connectivity index (χ2n) is 6.23. The summed E-state index contributed by atoms with van der Waals surface area (Å²) < 4.78 is 0. The predicted octanol–water partition coefficient (Wildman–Crippen LogP) is 2.69. The fourth-order valence-electron chi connectivity index (χ4n) is 2.66. The number of unbranched alkanes of at least 4 members (excludes halogenated alkanes) is 1. The monoisotopic (exact) mass is 382 g/mol. The van der Waals surface area contributed by atoms with E-state index in [1.54, 1.807) is 6.92 Å². The van der Waals surface area contributed by atoms with E-state index < -0.39 is 34.9 Å². The van der Waals surface area contributed by atoms with Crippen molar-refractivity contribution in [3.8, 4) is 0 Å². The molecule has 1 fully saturated rings. The van der Waals surface area contributed by atoms with Gasteiger partial charge in [0.05, 0.1) is 4.92 Å². The van der Waals surface area contributed by atoms with Gasteiger partial charge in [0.2, 0.25) is 5.91 Å². The number of halogens is 1. The first-order valence-corrected chi connectivity index (χ1v) is 8.43. The zero-order valence-electron chi connectivity index (χ0n) is 14.4. The van der Waals surface area contributed by atoms with Crippen molar-refractivity contribution < 1.29 is 19.3 Å². The number of anilines is 1. The molecule has 0 aliphatic carbocycles. The molecule has 0 saturated carbocycles. The Morgan fingerprint density at radius 1 is 1.42 bits per heavy atom. The van der Waals surface area contributed by atoms with E-state index in [0.717, 1.165) is 23.8 Å². The lowest BCUT2D eigenvalue weighted by molar-refractivity contribution is -0.384. The zero-order chi connectivity index (χ0) is 19.5. The molecule has 1 saturated heterocycles. The standard InChI is InChI=1S/C16H19ClN4O5/c1-3-4-7-16(2)14(23)20(15(24)19-16)9-13(22)18-10-5-6-11(17)12(8-10)21(25)26/h5-6,8H,3-4,7,9H2,1-2H3,(H,18,22)(H,19,24)/t16-/m1/s1. The smallest absolute Gasteiger partial charge is 0.324 e. The molecule has 0 unspecified atom stereocenters. The van der Waals surface area contributed by atoms with E-state index in [9.17, 15) is 24.5 Å². The van der Waals surface area contributed by atoms with Crippen molar-refractivity contribution in [3.05, 3.63) is 33.3 Å². The van der Waals surface area contributed by atoms with E-state index in [2.05, 4.69) is 10.6 Å². The number of hydrogen-bond acceptors (Lipinski definition) is 5. The molecule has 0 aromatic heterocycles. The minimum atomic E-state index is -1.02. The van der Waals surface area contributed by atoms with Gasteiger partial charge in [-0.3, -0.25) is 24.6 Å².